The van der Waals surface area contributed by atoms with E-state index < -0.39 is 21.7 Å². The molecule has 0 bridgehead atoms. The summed E-state index contributed by atoms with van der Waals surface area (Å²) in [4.78, 5) is 0. The monoisotopic (exact) mass is 916 g/mol. The van der Waals surface area contributed by atoms with Crippen molar-refractivity contribution >= 4 is 0 Å². The Morgan fingerprint density at radius 2 is 0.556 bits per heavy atom. The molecule has 2 spiro atoms. The van der Waals surface area contributed by atoms with Gasteiger partial charge in [-0.2, -0.15) is 10.5 Å². The largest absolute Gasteiger partial charge is 0.197 e. The minimum absolute atomic E-state index is 0.495. The number of nitriles is 2. The Hall–Kier alpha value is -8.82. The Bertz CT molecular complexity index is 3830. The highest BCUT2D eigenvalue weighted by Gasteiger charge is 2.53. The van der Waals surface area contributed by atoms with Crippen molar-refractivity contribution in [2.24, 2.45) is 0 Å². The molecule has 4 aliphatic carbocycles. The average molecular weight is 917 g/mol. The van der Waals surface area contributed by atoms with E-state index in [-0.39, 0.29) is 0 Å². The first-order chi connectivity index (χ1) is 35.1. The van der Waals surface area contributed by atoms with Crippen LogP contribution < -0.4 is 0 Å². The molecule has 2 unspecified atom stereocenters. The van der Waals surface area contributed by atoms with Crippen LogP contribution in [0.3, 0.4) is 0 Å². The molecule has 0 radical (unpaired) electrons. The fraction of sp³-hybridized carbons (Fsp3) is 0.114. The molecule has 0 saturated heterocycles. The summed E-state index contributed by atoms with van der Waals surface area (Å²) in [5.41, 5.74) is 27.1. The Morgan fingerprint density at radius 1 is 0.264 bits per heavy atom. The number of nitrogens with zero attached hydrogens (tertiary/aromatic N) is 2. The first-order valence-electron chi connectivity index (χ1n) is 25.1. The van der Waals surface area contributed by atoms with Crippen molar-refractivity contribution in [2.75, 3.05) is 0 Å². The second kappa shape index (κ2) is 14.9. The zero-order chi connectivity index (χ0) is 48.7. The van der Waals surface area contributed by atoms with E-state index in [0.717, 1.165) is 11.1 Å². The third-order valence-corrected chi connectivity index (χ3v) is 16.9. The van der Waals surface area contributed by atoms with Crippen molar-refractivity contribution in [3.05, 3.63) is 274 Å². The second-order valence-corrected chi connectivity index (χ2v) is 21.4. The SMILES string of the molecule is CC(C)(C#N)c1ccc2c(c1)C1(c3ccccc3-c3cc(-c4cccc(-c5cccc(-c6ccc7c(c6)-c6ccccc6C76c7ccccc7-c7ccc(C(C)(C)C#N)cc76)c5)c4)ccc31)c1ccccc1-2. The molecule has 0 aliphatic heterocycles. The van der Waals surface area contributed by atoms with Gasteiger partial charge >= 0.3 is 0 Å². The van der Waals surface area contributed by atoms with Crippen LogP contribution in [-0.2, 0) is 21.7 Å². The Kier molecular flexibility index (Phi) is 8.68. The summed E-state index contributed by atoms with van der Waals surface area (Å²) in [5.74, 6) is 0. The van der Waals surface area contributed by atoms with Crippen molar-refractivity contribution in [1.82, 2.24) is 0 Å². The summed E-state index contributed by atoms with van der Waals surface area (Å²) in [6.45, 7) is 8.06. The molecule has 0 N–H and O–H groups in total. The molecule has 10 aromatic carbocycles. The fourth-order valence-electron chi connectivity index (χ4n) is 13.3. The van der Waals surface area contributed by atoms with E-state index in [4.69, 9.17) is 0 Å². The van der Waals surface area contributed by atoms with E-state index in [0.29, 0.717) is 0 Å². The van der Waals surface area contributed by atoms with Gasteiger partial charge < -0.3 is 0 Å². The smallest absolute Gasteiger partial charge is 0.0766 e. The van der Waals surface area contributed by atoms with Gasteiger partial charge in [0.15, 0.2) is 0 Å². The van der Waals surface area contributed by atoms with Crippen LogP contribution in [0.25, 0.3) is 77.9 Å². The van der Waals surface area contributed by atoms with Gasteiger partial charge in [0, 0.05) is 0 Å². The van der Waals surface area contributed by atoms with Gasteiger partial charge in [-0.3, -0.25) is 0 Å². The van der Waals surface area contributed by atoms with Gasteiger partial charge in [0.25, 0.3) is 0 Å². The summed E-state index contributed by atoms with van der Waals surface area (Å²) >= 11 is 0. The minimum atomic E-state index is -0.629. The maximum Gasteiger partial charge on any atom is 0.0766 e. The van der Waals surface area contributed by atoms with E-state index >= 15 is 0 Å². The molecule has 72 heavy (non-hydrogen) atoms. The summed E-state index contributed by atoms with van der Waals surface area (Å²) in [6, 6.07) is 86.4. The van der Waals surface area contributed by atoms with Crippen LogP contribution in [0.15, 0.2) is 218 Å². The number of hydrogen-bond acceptors (Lipinski definition) is 2. The van der Waals surface area contributed by atoms with Crippen molar-refractivity contribution < 1.29 is 0 Å². The van der Waals surface area contributed by atoms with Crippen LogP contribution in [0.2, 0.25) is 0 Å². The van der Waals surface area contributed by atoms with E-state index in [1.807, 2.05) is 27.7 Å². The van der Waals surface area contributed by atoms with Crippen molar-refractivity contribution in [3.63, 3.8) is 0 Å². The van der Waals surface area contributed by atoms with Gasteiger partial charge in [0.05, 0.1) is 33.8 Å². The molecule has 10 aromatic rings. The van der Waals surface area contributed by atoms with Gasteiger partial charge in [0.1, 0.15) is 0 Å². The Labute approximate surface area is 421 Å². The molecular weight excluding hydrogens is 869 g/mol. The van der Waals surface area contributed by atoms with Crippen molar-refractivity contribution in [1.29, 1.82) is 10.5 Å². The van der Waals surface area contributed by atoms with Gasteiger partial charge in [-0.15, -0.1) is 0 Å². The molecule has 0 amide bonds. The summed E-state index contributed by atoms with van der Waals surface area (Å²) < 4.78 is 0. The predicted octanol–water partition coefficient (Wildman–Crippen LogP) is 17.0. The quantitative estimate of drug-likeness (QED) is 0.173. The molecule has 14 rings (SSSR count). The second-order valence-electron chi connectivity index (χ2n) is 21.4. The van der Waals surface area contributed by atoms with Crippen LogP contribution in [0.4, 0.5) is 0 Å². The van der Waals surface area contributed by atoms with Gasteiger partial charge in [-0.25, -0.2) is 0 Å². The topological polar surface area (TPSA) is 47.6 Å². The van der Waals surface area contributed by atoms with Crippen LogP contribution in [0.1, 0.15) is 83.3 Å². The molecule has 0 fully saturated rings. The third kappa shape index (κ3) is 5.47. The minimum Gasteiger partial charge on any atom is -0.197 e. The highest BCUT2D eigenvalue weighted by molar-refractivity contribution is 5.98. The molecule has 2 atom stereocenters. The number of benzene rings is 10. The fourth-order valence-corrected chi connectivity index (χ4v) is 13.3. The van der Waals surface area contributed by atoms with Crippen molar-refractivity contribution in [3.8, 4) is 90.0 Å². The molecule has 0 heterocycles. The van der Waals surface area contributed by atoms with E-state index in [9.17, 15) is 10.5 Å². The lowest BCUT2D eigenvalue weighted by Gasteiger charge is -2.31. The van der Waals surface area contributed by atoms with Crippen LogP contribution in [-0.4, -0.2) is 0 Å². The Morgan fingerprint density at radius 3 is 0.903 bits per heavy atom. The van der Waals surface area contributed by atoms with E-state index in [1.54, 1.807) is 0 Å². The zero-order valence-corrected chi connectivity index (χ0v) is 40.7. The van der Waals surface area contributed by atoms with Crippen LogP contribution in [0.5, 0.6) is 0 Å². The van der Waals surface area contributed by atoms with E-state index in [1.165, 1.54) is 122 Å². The zero-order valence-electron chi connectivity index (χ0n) is 40.7. The average Bonchev–Trinajstić information content (AvgIpc) is 4.11. The molecule has 0 saturated carbocycles. The highest BCUT2D eigenvalue weighted by Crippen LogP contribution is 2.65. The summed E-state index contributed by atoms with van der Waals surface area (Å²) in [7, 11) is 0. The molecule has 2 nitrogen and oxygen atoms in total. The lowest BCUT2D eigenvalue weighted by molar-refractivity contribution is 0.681. The first-order valence-corrected chi connectivity index (χ1v) is 25.1. The van der Waals surface area contributed by atoms with Crippen LogP contribution >= 0.6 is 0 Å². The van der Waals surface area contributed by atoms with Gasteiger partial charge in [-0.05, 0) is 185 Å². The summed E-state index contributed by atoms with van der Waals surface area (Å²) in [6.07, 6.45) is 0. The lowest BCUT2D eigenvalue weighted by Crippen LogP contribution is -2.26. The van der Waals surface area contributed by atoms with Gasteiger partial charge in [-0.1, -0.05) is 194 Å². The maximum atomic E-state index is 10.3. The molecule has 0 aromatic heterocycles. The predicted molar refractivity (Wildman–Crippen MR) is 293 cm³/mol. The lowest BCUT2D eigenvalue weighted by atomic mass is 9.69. The van der Waals surface area contributed by atoms with Gasteiger partial charge in [0.2, 0.25) is 0 Å². The van der Waals surface area contributed by atoms with Crippen LogP contribution in [0, 0.1) is 22.7 Å². The maximum absolute atomic E-state index is 10.3. The number of rotatable bonds is 5. The highest BCUT2D eigenvalue weighted by atomic mass is 14.5. The third-order valence-electron chi connectivity index (χ3n) is 16.9. The molecule has 4 aliphatic rings. The summed E-state index contributed by atoms with van der Waals surface area (Å²) in [5, 5.41) is 20.5. The molecular formula is C70H48N2. The number of hydrogen-bond donors (Lipinski definition) is 0. The van der Waals surface area contributed by atoms with Crippen molar-refractivity contribution in [2.45, 2.75) is 49.4 Å². The first kappa shape index (κ1) is 42.1. The Balaban J connectivity index is 0.861. The normalized spacial score (nSPS) is 17.0. The molecule has 338 valence electrons. The number of fused-ring (bicyclic) bond motifs is 20. The molecule has 2 heteroatoms. The van der Waals surface area contributed by atoms with E-state index in [2.05, 4.69) is 231 Å². The standard InChI is InChI=1S/C70H48N2/c1-67(2,41-71)49-29-31-55-51-19-5-9-23-59(51)69(65(55)39-49)61-25-11-7-21-53(61)57-37-47(27-33-63(57)69)45-17-13-15-43(35-45)44-16-14-18-46(36-44)48-28-34-64-58(38-48)54-22-8-12-26-62(54)70(64)60-24-10-6-20-52(60)56-32-30-50(40-66(56)70)68(3,4)42-72/h5-40H,1-4H3.